The van der Waals surface area contributed by atoms with Crippen LogP contribution in [0.2, 0.25) is 0 Å². The second-order valence-electron chi connectivity index (χ2n) is 9.07. The van der Waals surface area contributed by atoms with Crippen molar-refractivity contribution in [2.45, 2.75) is 25.6 Å². The molecule has 0 bridgehead atoms. The van der Waals surface area contributed by atoms with Gasteiger partial charge in [-0.25, -0.2) is 9.78 Å². The Bertz CT molecular complexity index is 1320. The van der Waals surface area contributed by atoms with Gasteiger partial charge in [0.1, 0.15) is 5.82 Å². The molecule has 14 heteroatoms. The summed E-state index contributed by atoms with van der Waals surface area (Å²) in [7, 11) is 4.70. The van der Waals surface area contributed by atoms with Crippen LogP contribution in [0.15, 0.2) is 54.7 Å². The number of amides is 1. The number of benzene rings is 2. The van der Waals surface area contributed by atoms with Crippen molar-refractivity contribution in [3.05, 3.63) is 60.3 Å². The summed E-state index contributed by atoms with van der Waals surface area (Å²) in [6.07, 6.45) is -1.59. The minimum absolute atomic E-state index is 0.0726. The number of carboxylic acid groups (broad SMARTS) is 1. The van der Waals surface area contributed by atoms with Crippen LogP contribution in [-0.4, -0.2) is 67.5 Å². The number of carbonyl (C=O) groups is 2. The maximum Gasteiger partial charge on any atom is 0.490 e. The van der Waals surface area contributed by atoms with E-state index in [0.717, 1.165) is 30.8 Å². The highest BCUT2D eigenvalue weighted by Gasteiger charge is 2.38. The van der Waals surface area contributed by atoms with E-state index < -0.39 is 12.1 Å². The Balaban J connectivity index is 0.000000616. The number of aliphatic carboxylic acids is 1. The molecule has 0 aliphatic carbocycles. The molecular weight excluding hydrogens is 559 g/mol. The van der Waals surface area contributed by atoms with Crippen molar-refractivity contribution in [2.75, 3.05) is 44.6 Å². The largest absolute Gasteiger partial charge is 0.493 e. The van der Waals surface area contributed by atoms with Gasteiger partial charge in [0, 0.05) is 43.7 Å². The summed E-state index contributed by atoms with van der Waals surface area (Å²) >= 11 is 0. The molecule has 1 aliphatic rings. The third kappa shape index (κ3) is 8.88. The van der Waals surface area contributed by atoms with Crippen molar-refractivity contribution in [2.24, 2.45) is 5.92 Å². The van der Waals surface area contributed by atoms with Gasteiger partial charge < -0.3 is 34.9 Å². The summed E-state index contributed by atoms with van der Waals surface area (Å²) < 4.78 is 48.0. The second kappa shape index (κ2) is 14.8. The Morgan fingerprint density at radius 3 is 2.26 bits per heavy atom. The monoisotopic (exact) mass is 591 g/mol. The number of aromatic nitrogens is 2. The first-order valence-electron chi connectivity index (χ1n) is 12.8. The van der Waals surface area contributed by atoms with Crippen LogP contribution in [0.5, 0.6) is 17.2 Å². The summed E-state index contributed by atoms with van der Waals surface area (Å²) in [5.41, 5.74) is 1.79. The molecule has 42 heavy (non-hydrogen) atoms. The summed E-state index contributed by atoms with van der Waals surface area (Å²) in [5, 5.41) is 13.4. The van der Waals surface area contributed by atoms with E-state index in [2.05, 4.69) is 20.5 Å². The molecule has 1 saturated heterocycles. The van der Waals surface area contributed by atoms with Gasteiger partial charge in [-0.1, -0.05) is 30.3 Å². The lowest BCUT2D eigenvalue weighted by atomic mass is 9.97. The maximum atomic E-state index is 12.8. The Labute approximate surface area is 240 Å². The van der Waals surface area contributed by atoms with E-state index in [4.69, 9.17) is 29.1 Å². The van der Waals surface area contributed by atoms with Crippen molar-refractivity contribution >= 4 is 29.3 Å². The number of halogens is 3. The minimum Gasteiger partial charge on any atom is -0.493 e. The highest BCUT2D eigenvalue weighted by atomic mass is 19.4. The van der Waals surface area contributed by atoms with E-state index in [9.17, 15) is 18.0 Å². The molecule has 0 saturated carbocycles. The van der Waals surface area contributed by atoms with Crippen LogP contribution in [0.25, 0.3) is 0 Å². The van der Waals surface area contributed by atoms with Crippen molar-refractivity contribution in [3.8, 4) is 17.2 Å². The molecule has 4 rings (SSSR count). The number of hydrogen-bond donors (Lipinski definition) is 3. The van der Waals surface area contributed by atoms with Gasteiger partial charge in [-0.05, 0) is 24.5 Å². The molecule has 226 valence electrons. The average molecular weight is 592 g/mol. The van der Waals surface area contributed by atoms with E-state index in [1.54, 1.807) is 39.7 Å². The van der Waals surface area contributed by atoms with Gasteiger partial charge in [0.15, 0.2) is 11.5 Å². The third-order valence-corrected chi connectivity index (χ3v) is 6.23. The van der Waals surface area contributed by atoms with Gasteiger partial charge in [0.2, 0.25) is 17.6 Å². The number of alkyl halides is 3. The van der Waals surface area contributed by atoms with E-state index >= 15 is 0 Å². The van der Waals surface area contributed by atoms with E-state index in [0.29, 0.717) is 42.0 Å². The molecule has 1 atom stereocenters. The molecule has 0 spiro atoms. The Kier molecular flexibility index (Phi) is 11.2. The summed E-state index contributed by atoms with van der Waals surface area (Å²) in [6, 6.07) is 15.4. The van der Waals surface area contributed by atoms with Gasteiger partial charge in [-0.2, -0.15) is 18.2 Å². The van der Waals surface area contributed by atoms with Crippen LogP contribution in [0.4, 0.5) is 30.6 Å². The number of nitrogens with zero attached hydrogens (tertiary/aromatic N) is 3. The number of ether oxygens (including phenoxy) is 3. The highest BCUT2D eigenvalue weighted by Crippen LogP contribution is 2.40. The fraction of sp³-hybridized carbons (Fsp3) is 0.357. The first-order chi connectivity index (χ1) is 20.0. The molecule has 2 heterocycles. The third-order valence-electron chi connectivity index (χ3n) is 6.23. The van der Waals surface area contributed by atoms with Gasteiger partial charge in [0.05, 0.1) is 27.2 Å². The molecular formula is C28H32F3N5O6. The Morgan fingerprint density at radius 2 is 1.69 bits per heavy atom. The first-order valence-corrected chi connectivity index (χ1v) is 12.8. The number of hydrogen-bond acceptors (Lipinski definition) is 9. The zero-order chi connectivity index (χ0) is 30.7. The van der Waals surface area contributed by atoms with Crippen LogP contribution in [-0.2, 0) is 16.1 Å². The van der Waals surface area contributed by atoms with Gasteiger partial charge >= 0.3 is 12.1 Å². The zero-order valence-corrected chi connectivity index (χ0v) is 23.3. The first kappa shape index (κ1) is 31.8. The van der Waals surface area contributed by atoms with E-state index in [-0.39, 0.29) is 11.8 Å². The molecule has 0 radical (unpaired) electrons. The zero-order valence-electron chi connectivity index (χ0n) is 23.3. The molecule has 11 nitrogen and oxygen atoms in total. The molecule has 1 fully saturated rings. The van der Waals surface area contributed by atoms with Gasteiger partial charge in [0.25, 0.3) is 0 Å². The fourth-order valence-corrected chi connectivity index (χ4v) is 4.20. The Morgan fingerprint density at radius 1 is 1.05 bits per heavy atom. The molecule has 1 aromatic heterocycles. The number of piperidine rings is 1. The normalized spacial score (nSPS) is 14.6. The number of anilines is 3. The topological polar surface area (TPSA) is 135 Å². The van der Waals surface area contributed by atoms with E-state index in [1.165, 1.54) is 0 Å². The van der Waals surface area contributed by atoms with Crippen LogP contribution in [0.1, 0.15) is 18.4 Å². The maximum absolute atomic E-state index is 12.8. The number of nitrogens with one attached hydrogen (secondary N) is 2. The van der Waals surface area contributed by atoms with Crippen molar-refractivity contribution in [1.82, 2.24) is 15.3 Å². The smallest absolute Gasteiger partial charge is 0.490 e. The fourth-order valence-electron chi connectivity index (χ4n) is 4.20. The van der Waals surface area contributed by atoms with E-state index in [1.807, 2.05) is 36.4 Å². The standard InChI is InChI=1S/C26H31N5O4.C2HF3O2/c1-33-21-14-20(15-22(34-2)24(21)35-3)29-26-27-12-11-23(30-26)31-13-7-10-19(17-31)25(32)28-16-18-8-5-4-6-9-18;3-2(4,5)1(6)7/h4-6,8-9,11-12,14-15,19H,7,10,13,16-17H2,1-3H3,(H,28,32)(H,27,29,30);(H,6,7)/t19-;/m0./s1. The molecule has 1 aliphatic heterocycles. The lowest BCUT2D eigenvalue weighted by Crippen LogP contribution is -2.43. The molecule has 1 amide bonds. The van der Waals surface area contributed by atoms with Crippen molar-refractivity contribution < 1.29 is 42.1 Å². The van der Waals surface area contributed by atoms with Crippen LogP contribution < -0.4 is 29.7 Å². The summed E-state index contributed by atoms with van der Waals surface area (Å²) in [5.74, 6) is 0.0182. The van der Waals surface area contributed by atoms with Crippen LogP contribution in [0.3, 0.4) is 0 Å². The molecule has 0 unspecified atom stereocenters. The minimum atomic E-state index is -5.08. The number of carboxylic acids is 1. The molecule has 3 aromatic rings. The number of carbonyl (C=O) groups excluding carboxylic acids is 1. The number of methoxy groups -OCH3 is 3. The number of rotatable bonds is 9. The molecule has 2 aromatic carbocycles. The van der Waals surface area contributed by atoms with Crippen molar-refractivity contribution in [1.29, 1.82) is 0 Å². The predicted octanol–water partition coefficient (Wildman–Crippen LogP) is 4.41. The quantitative estimate of drug-likeness (QED) is 0.328. The van der Waals surface area contributed by atoms with Gasteiger partial charge in [-0.15, -0.1) is 0 Å². The van der Waals surface area contributed by atoms with Gasteiger partial charge in [-0.3, -0.25) is 4.79 Å². The summed E-state index contributed by atoms with van der Waals surface area (Å²) in [6.45, 7) is 1.98. The lowest BCUT2D eigenvalue weighted by molar-refractivity contribution is -0.192. The van der Waals surface area contributed by atoms with Crippen molar-refractivity contribution in [3.63, 3.8) is 0 Å². The SMILES string of the molecule is COc1cc(Nc2nccc(N3CCC[C@H](C(=O)NCc4ccccc4)C3)n2)cc(OC)c1OC.O=C(O)C(F)(F)F. The average Bonchev–Trinajstić information content (AvgIpc) is 2.99. The second-order valence-corrected chi connectivity index (χ2v) is 9.07. The summed E-state index contributed by atoms with van der Waals surface area (Å²) in [4.78, 5) is 32.9. The van der Waals surface area contributed by atoms with Crippen LogP contribution in [0, 0.1) is 5.92 Å². The lowest BCUT2D eigenvalue weighted by Gasteiger charge is -2.33. The highest BCUT2D eigenvalue weighted by molar-refractivity contribution is 5.79. The Hall–Kier alpha value is -4.75. The predicted molar refractivity (Wildman–Crippen MR) is 148 cm³/mol. The van der Waals surface area contributed by atoms with Crippen LogP contribution >= 0.6 is 0 Å². The molecule has 3 N–H and O–H groups in total.